The largest absolute Gasteiger partial charge is 0.366 e. The van der Waals surface area contributed by atoms with Crippen molar-refractivity contribution in [1.29, 1.82) is 0 Å². The monoisotopic (exact) mass is 301 g/mol. The number of nitrogens with zero attached hydrogens (tertiary/aromatic N) is 1. The lowest BCUT2D eigenvalue weighted by atomic mass is 9.97. The fraction of sp³-hybridized carbons (Fsp3) is 0.600. The van der Waals surface area contributed by atoms with Crippen LogP contribution in [0.25, 0.3) is 0 Å². The van der Waals surface area contributed by atoms with Gasteiger partial charge in [-0.1, -0.05) is 23.7 Å². The number of para-hydroxylation sites is 1. The quantitative estimate of drug-likeness (QED) is 0.747. The minimum Gasteiger partial charge on any atom is -0.366 e. The molecule has 4 heteroatoms. The van der Waals surface area contributed by atoms with E-state index < -0.39 is 0 Å². The number of ether oxygens (including phenoxy) is 1. The van der Waals surface area contributed by atoms with Crippen molar-refractivity contribution >= 4 is 28.9 Å². The summed E-state index contributed by atoms with van der Waals surface area (Å²) in [5.74, 6) is 0.466. The summed E-state index contributed by atoms with van der Waals surface area (Å²) in [7, 11) is 0. The molecule has 0 aromatic heterocycles. The van der Waals surface area contributed by atoms with E-state index >= 15 is 0 Å². The summed E-state index contributed by atoms with van der Waals surface area (Å²) in [4.78, 5) is 2.30. The van der Waals surface area contributed by atoms with Crippen LogP contribution >= 0.6 is 23.2 Å². The molecule has 1 aromatic rings. The average Bonchev–Trinajstić information content (AvgIpc) is 2.24. The molecule has 0 atom stereocenters. The van der Waals surface area contributed by atoms with Crippen molar-refractivity contribution in [3.63, 3.8) is 0 Å². The van der Waals surface area contributed by atoms with Crippen LogP contribution in [0.15, 0.2) is 18.2 Å². The topological polar surface area (TPSA) is 12.5 Å². The van der Waals surface area contributed by atoms with E-state index in [2.05, 4.69) is 32.6 Å². The van der Waals surface area contributed by atoms with E-state index in [0.717, 1.165) is 29.4 Å². The molecular formula is C15H21Cl2NO. The van der Waals surface area contributed by atoms with Crippen LogP contribution in [0.1, 0.15) is 33.3 Å². The zero-order valence-electron chi connectivity index (χ0n) is 12.0. The molecule has 1 aromatic carbocycles. The summed E-state index contributed by atoms with van der Waals surface area (Å²) in [6, 6.07) is 5.90. The van der Waals surface area contributed by atoms with Crippen LogP contribution in [0.3, 0.4) is 0 Å². The van der Waals surface area contributed by atoms with E-state index in [1.807, 2.05) is 18.2 Å². The van der Waals surface area contributed by atoms with E-state index in [9.17, 15) is 0 Å². The average molecular weight is 302 g/mol. The minimum absolute atomic E-state index is 0.204. The maximum Gasteiger partial charge on any atom is 0.0808 e. The lowest BCUT2D eigenvalue weighted by molar-refractivity contribution is -0.133. The standard InChI is InChI=1S/C15H21Cl2NO/c1-14(2)9-18(10-15(3,4)19-14)13-11(8-16)6-5-7-12(13)17/h5-7H,8-10H2,1-4H3. The summed E-state index contributed by atoms with van der Waals surface area (Å²) in [5.41, 5.74) is 1.71. The SMILES string of the molecule is CC1(C)CN(c2c(Cl)cccc2CCl)CC(C)(C)O1. The Balaban J connectivity index is 2.41. The Morgan fingerprint density at radius 1 is 1.16 bits per heavy atom. The van der Waals surface area contributed by atoms with Gasteiger partial charge in [0.2, 0.25) is 0 Å². The molecule has 2 rings (SSSR count). The molecule has 1 heterocycles. The molecule has 2 nitrogen and oxygen atoms in total. The molecule has 0 unspecified atom stereocenters. The van der Waals surface area contributed by atoms with Crippen LogP contribution in [-0.4, -0.2) is 24.3 Å². The Morgan fingerprint density at radius 2 is 1.74 bits per heavy atom. The van der Waals surface area contributed by atoms with Crippen molar-refractivity contribution in [2.24, 2.45) is 0 Å². The van der Waals surface area contributed by atoms with Crippen LogP contribution in [-0.2, 0) is 10.6 Å². The van der Waals surface area contributed by atoms with Crippen LogP contribution in [0.4, 0.5) is 5.69 Å². The van der Waals surface area contributed by atoms with Crippen molar-refractivity contribution < 1.29 is 4.74 Å². The van der Waals surface area contributed by atoms with Crippen molar-refractivity contribution in [3.05, 3.63) is 28.8 Å². The van der Waals surface area contributed by atoms with Gasteiger partial charge in [0.15, 0.2) is 0 Å². The Bertz CT molecular complexity index is 455. The molecule has 19 heavy (non-hydrogen) atoms. The van der Waals surface area contributed by atoms with Gasteiger partial charge in [-0.25, -0.2) is 0 Å². The van der Waals surface area contributed by atoms with Crippen molar-refractivity contribution in [2.45, 2.75) is 44.8 Å². The van der Waals surface area contributed by atoms with Gasteiger partial charge in [0.05, 0.1) is 21.9 Å². The molecule has 0 amide bonds. The first-order valence-corrected chi connectivity index (χ1v) is 7.44. The molecule has 1 fully saturated rings. The Morgan fingerprint density at radius 3 is 2.26 bits per heavy atom. The number of alkyl halides is 1. The first-order chi connectivity index (χ1) is 8.74. The number of rotatable bonds is 2. The number of halogens is 2. The molecule has 1 aliphatic heterocycles. The van der Waals surface area contributed by atoms with E-state index in [4.69, 9.17) is 27.9 Å². The number of morpholine rings is 1. The number of hydrogen-bond acceptors (Lipinski definition) is 2. The third kappa shape index (κ3) is 3.36. The van der Waals surface area contributed by atoms with Crippen molar-refractivity contribution in [3.8, 4) is 0 Å². The Labute approximate surface area is 125 Å². The summed E-state index contributed by atoms with van der Waals surface area (Å²) >= 11 is 12.4. The maximum atomic E-state index is 6.39. The van der Waals surface area contributed by atoms with Crippen LogP contribution in [0.5, 0.6) is 0 Å². The van der Waals surface area contributed by atoms with E-state index in [1.54, 1.807) is 0 Å². The molecule has 106 valence electrons. The van der Waals surface area contributed by atoms with Gasteiger partial charge in [0.1, 0.15) is 0 Å². The number of hydrogen-bond donors (Lipinski definition) is 0. The smallest absolute Gasteiger partial charge is 0.0808 e. The predicted octanol–water partition coefficient (Wildman–Crippen LogP) is 4.47. The zero-order valence-corrected chi connectivity index (χ0v) is 13.5. The summed E-state index contributed by atoms with van der Waals surface area (Å²) in [5, 5.41) is 0.756. The van der Waals surface area contributed by atoms with E-state index in [0.29, 0.717) is 5.88 Å². The Hall–Kier alpha value is -0.440. The molecule has 1 saturated heterocycles. The van der Waals surface area contributed by atoms with Gasteiger partial charge in [-0.2, -0.15) is 0 Å². The maximum absolute atomic E-state index is 6.39. The lowest BCUT2D eigenvalue weighted by Crippen LogP contribution is -2.57. The molecule has 0 bridgehead atoms. The molecule has 0 radical (unpaired) electrons. The lowest BCUT2D eigenvalue weighted by Gasteiger charge is -2.48. The molecule has 0 saturated carbocycles. The highest BCUT2D eigenvalue weighted by atomic mass is 35.5. The Kier molecular flexibility index (Phi) is 4.06. The molecule has 0 N–H and O–H groups in total. The fourth-order valence-corrected chi connectivity index (χ4v) is 3.50. The number of anilines is 1. The van der Waals surface area contributed by atoms with Gasteiger partial charge >= 0.3 is 0 Å². The molecule has 0 aliphatic carbocycles. The second-order valence-electron chi connectivity index (χ2n) is 6.36. The zero-order chi connectivity index (χ0) is 14.3. The van der Waals surface area contributed by atoms with Crippen molar-refractivity contribution in [2.75, 3.05) is 18.0 Å². The highest BCUT2D eigenvalue weighted by Crippen LogP contribution is 2.37. The molecular weight excluding hydrogens is 281 g/mol. The highest BCUT2D eigenvalue weighted by molar-refractivity contribution is 6.33. The number of benzene rings is 1. The van der Waals surface area contributed by atoms with E-state index in [1.165, 1.54) is 0 Å². The first kappa shape index (κ1) is 15.0. The third-order valence-corrected chi connectivity index (χ3v) is 3.82. The van der Waals surface area contributed by atoms with Crippen LogP contribution in [0, 0.1) is 0 Å². The van der Waals surface area contributed by atoms with E-state index in [-0.39, 0.29) is 11.2 Å². The minimum atomic E-state index is -0.204. The van der Waals surface area contributed by atoms with Crippen molar-refractivity contribution in [1.82, 2.24) is 0 Å². The van der Waals surface area contributed by atoms with Gasteiger partial charge in [-0.3, -0.25) is 0 Å². The molecule has 1 aliphatic rings. The van der Waals surface area contributed by atoms with Crippen LogP contribution < -0.4 is 4.90 Å². The van der Waals surface area contributed by atoms with Gasteiger partial charge in [-0.15, -0.1) is 11.6 Å². The molecule has 0 spiro atoms. The summed E-state index contributed by atoms with van der Waals surface area (Å²) in [6.45, 7) is 10.1. The van der Waals surface area contributed by atoms with Crippen LogP contribution in [0.2, 0.25) is 5.02 Å². The normalized spacial score (nSPS) is 21.5. The second kappa shape index (κ2) is 5.16. The first-order valence-electron chi connectivity index (χ1n) is 6.53. The van der Waals surface area contributed by atoms with Gasteiger partial charge < -0.3 is 9.64 Å². The van der Waals surface area contributed by atoms with Gasteiger partial charge in [-0.05, 0) is 39.3 Å². The van der Waals surface area contributed by atoms with Gasteiger partial charge in [0.25, 0.3) is 0 Å². The van der Waals surface area contributed by atoms with Gasteiger partial charge in [0, 0.05) is 19.0 Å². The second-order valence-corrected chi connectivity index (χ2v) is 7.03. The highest BCUT2D eigenvalue weighted by Gasteiger charge is 2.39. The predicted molar refractivity (Wildman–Crippen MR) is 82.5 cm³/mol. The summed E-state index contributed by atoms with van der Waals surface area (Å²) in [6.07, 6.45) is 0. The summed E-state index contributed by atoms with van der Waals surface area (Å²) < 4.78 is 6.11. The fourth-order valence-electron chi connectivity index (χ4n) is 2.97. The third-order valence-electron chi connectivity index (χ3n) is 3.23.